The number of nitrogens with one attached hydrogen (secondary N) is 2. The van der Waals surface area contributed by atoms with Crippen LogP contribution in [0, 0.1) is 5.92 Å². The number of hydrogen-bond acceptors (Lipinski definition) is 2. The monoisotopic (exact) mass is 400 g/mol. The highest BCUT2D eigenvalue weighted by Gasteiger charge is 2.12. The van der Waals surface area contributed by atoms with E-state index in [0.717, 1.165) is 30.6 Å². The first kappa shape index (κ1) is 20.0. The Balaban J connectivity index is 1.40. The molecular weight excluding hydrogens is 372 g/mol. The number of aryl methyl sites for hydroxylation is 1. The Bertz CT molecular complexity index is 1120. The van der Waals surface area contributed by atoms with Gasteiger partial charge in [-0.1, -0.05) is 62.4 Å². The molecule has 0 aliphatic heterocycles. The van der Waals surface area contributed by atoms with Crippen molar-refractivity contribution in [3.63, 3.8) is 0 Å². The minimum Gasteiger partial charge on any atom is -0.350 e. The lowest BCUT2D eigenvalue weighted by Crippen LogP contribution is -2.26. The summed E-state index contributed by atoms with van der Waals surface area (Å²) < 4.78 is 2.34. The summed E-state index contributed by atoms with van der Waals surface area (Å²) in [5, 5.41) is 11.4. The number of hydrogen-bond donors (Lipinski definition) is 2. The molecule has 2 heterocycles. The summed E-state index contributed by atoms with van der Waals surface area (Å²) >= 11 is 0. The van der Waals surface area contributed by atoms with Crippen molar-refractivity contribution in [2.45, 2.75) is 33.2 Å². The van der Waals surface area contributed by atoms with Crippen molar-refractivity contribution in [3.05, 3.63) is 78.1 Å². The van der Waals surface area contributed by atoms with Gasteiger partial charge in [-0.25, -0.2) is 0 Å². The molecule has 5 heteroatoms. The fourth-order valence-electron chi connectivity index (χ4n) is 3.71. The number of para-hydroxylation sites is 1. The van der Waals surface area contributed by atoms with E-state index >= 15 is 0 Å². The van der Waals surface area contributed by atoms with E-state index < -0.39 is 0 Å². The van der Waals surface area contributed by atoms with E-state index in [0.29, 0.717) is 18.2 Å². The summed E-state index contributed by atoms with van der Waals surface area (Å²) in [6.45, 7) is 6.10. The van der Waals surface area contributed by atoms with Crippen LogP contribution in [0.15, 0.2) is 66.9 Å². The van der Waals surface area contributed by atoms with Crippen LogP contribution in [-0.2, 0) is 13.0 Å². The summed E-state index contributed by atoms with van der Waals surface area (Å²) in [7, 11) is 0. The second-order valence-corrected chi connectivity index (χ2v) is 8.09. The number of aromatic nitrogens is 3. The number of carbonyl (C=O) groups excluding carboxylic acids is 1. The van der Waals surface area contributed by atoms with Gasteiger partial charge in [-0.05, 0) is 36.5 Å². The highest BCUT2D eigenvalue weighted by atomic mass is 16.1. The van der Waals surface area contributed by atoms with Crippen molar-refractivity contribution in [2.75, 3.05) is 6.54 Å². The summed E-state index contributed by atoms with van der Waals surface area (Å²) in [5.41, 5.74) is 4.77. The molecule has 2 aromatic heterocycles. The van der Waals surface area contributed by atoms with E-state index in [-0.39, 0.29) is 5.91 Å². The van der Waals surface area contributed by atoms with Gasteiger partial charge >= 0.3 is 0 Å². The largest absolute Gasteiger partial charge is 0.350 e. The number of amides is 1. The topological polar surface area (TPSA) is 62.7 Å². The van der Waals surface area contributed by atoms with Crippen LogP contribution in [0.3, 0.4) is 0 Å². The lowest BCUT2D eigenvalue weighted by atomic mass is 10.1. The van der Waals surface area contributed by atoms with Crippen molar-refractivity contribution in [2.24, 2.45) is 5.92 Å². The molecule has 0 radical (unpaired) electrons. The first-order chi connectivity index (χ1) is 14.6. The Labute approximate surface area is 177 Å². The summed E-state index contributed by atoms with van der Waals surface area (Å²) in [6, 6.07) is 20.1. The van der Waals surface area contributed by atoms with Crippen LogP contribution in [0.5, 0.6) is 0 Å². The zero-order valence-electron chi connectivity index (χ0n) is 17.6. The highest BCUT2D eigenvalue weighted by molar-refractivity contribution is 5.93. The van der Waals surface area contributed by atoms with Crippen LogP contribution in [0.4, 0.5) is 0 Å². The van der Waals surface area contributed by atoms with Gasteiger partial charge in [-0.2, -0.15) is 5.10 Å². The molecule has 0 aliphatic rings. The minimum atomic E-state index is -0.131. The van der Waals surface area contributed by atoms with Crippen LogP contribution in [-0.4, -0.2) is 27.2 Å². The Hall–Kier alpha value is -3.34. The minimum absolute atomic E-state index is 0.131. The molecule has 0 aliphatic carbocycles. The quantitative estimate of drug-likeness (QED) is 0.435. The van der Waals surface area contributed by atoms with Gasteiger partial charge in [0.1, 0.15) is 5.69 Å². The number of fused-ring (bicyclic) bond motifs is 1. The Morgan fingerprint density at radius 2 is 1.87 bits per heavy atom. The second kappa shape index (κ2) is 8.99. The maximum atomic E-state index is 12.5. The summed E-state index contributed by atoms with van der Waals surface area (Å²) in [6.07, 6.45) is 4.18. The molecule has 4 aromatic rings. The smallest absolute Gasteiger partial charge is 0.269 e. The standard InChI is InChI=1S/C25H28N4O/c1-18(2)13-15-29-17-20(21-10-6-7-11-24(21)29)12-14-26-25(30)23-16-22(27-28-23)19-8-4-3-5-9-19/h3-11,16-18H,12-15H2,1-2H3,(H,26,30)(H,27,28). The maximum absolute atomic E-state index is 12.5. The predicted molar refractivity (Wildman–Crippen MR) is 121 cm³/mol. The molecule has 2 N–H and O–H groups in total. The average molecular weight is 401 g/mol. The van der Waals surface area contributed by atoms with E-state index in [1.165, 1.54) is 16.5 Å². The van der Waals surface area contributed by atoms with Crippen molar-refractivity contribution in [3.8, 4) is 11.3 Å². The number of aromatic amines is 1. The normalized spacial score (nSPS) is 11.3. The third-order valence-corrected chi connectivity index (χ3v) is 5.39. The molecule has 2 aromatic carbocycles. The van der Waals surface area contributed by atoms with Crippen LogP contribution < -0.4 is 5.32 Å². The number of nitrogens with zero attached hydrogens (tertiary/aromatic N) is 2. The van der Waals surface area contributed by atoms with Gasteiger partial charge in [0.15, 0.2) is 0 Å². The molecule has 0 bridgehead atoms. The predicted octanol–water partition coefficient (Wildman–Crippen LogP) is 5.05. The molecule has 4 rings (SSSR count). The Morgan fingerprint density at radius 1 is 1.10 bits per heavy atom. The first-order valence-electron chi connectivity index (χ1n) is 10.6. The molecule has 5 nitrogen and oxygen atoms in total. The molecule has 0 atom stereocenters. The Kier molecular flexibility index (Phi) is 5.98. The molecule has 0 saturated carbocycles. The molecule has 0 spiro atoms. The third kappa shape index (κ3) is 4.46. The van der Waals surface area contributed by atoms with Crippen molar-refractivity contribution in [1.29, 1.82) is 0 Å². The van der Waals surface area contributed by atoms with E-state index in [1.54, 1.807) is 6.07 Å². The molecule has 0 fully saturated rings. The molecule has 154 valence electrons. The zero-order chi connectivity index (χ0) is 20.9. The molecule has 0 saturated heterocycles. The molecular formula is C25H28N4O. The molecule has 30 heavy (non-hydrogen) atoms. The van der Waals surface area contributed by atoms with E-state index in [1.807, 2.05) is 30.3 Å². The van der Waals surface area contributed by atoms with Gasteiger partial charge in [0.05, 0.1) is 5.69 Å². The number of H-pyrrole nitrogens is 1. The molecule has 1 amide bonds. The Morgan fingerprint density at radius 3 is 2.67 bits per heavy atom. The fourth-order valence-corrected chi connectivity index (χ4v) is 3.71. The lowest BCUT2D eigenvalue weighted by molar-refractivity contribution is 0.0949. The number of rotatable bonds is 8. The summed E-state index contributed by atoms with van der Waals surface area (Å²) in [5.74, 6) is 0.539. The fraction of sp³-hybridized carbons (Fsp3) is 0.280. The van der Waals surface area contributed by atoms with Crippen LogP contribution in [0.2, 0.25) is 0 Å². The van der Waals surface area contributed by atoms with E-state index in [2.05, 4.69) is 64.4 Å². The zero-order valence-corrected chi connectivity index (χ0v) is 17.6. The van der Waals surface area contributed by atoms with E-state index in [9.17, 15) is 4.79 Å². The number of carbonyl (C=O) groups is 1. The van der Waals surface area contributed by atoms with Gasteiger partial charge in [0.2, 0.25) is 0 Å². The van der Waals surface area contributed by atoms with E-state index in [4.69, 9.17) is 0 Å². The van der Waals surface area contributed by atoms with Gasteiger partial charge in [0.25, 0.3) is 5.91 Å². The van der Waals surface area contributed by atoms with Crippen molar-refractivity contribution >= 4 is 16.8 Å². The van der Waals surface area contributed by atoms with Crippen LogP contribution in [0.1, 0.15) is 36.3 Å². The van der Waals surface area contributed by atoms with Gasteiger partial charge in [0, 0.05) is 35.8 Å². The maximum Gasteiger partial charge on any atom is 0.269 e. The second-order valence-electron chi connectivity index (χ2n) is 8.09. The van der Waals surface area contributed by atoms with Crippen LogP contribution >= 0.6 is 0 Å². The summed E-state index contributed by atoms with van der Waals surface area (Å²) in [4.78, 5) is 12.5. The lowest BCUT2D eigenvalue weighted by Gasteiger charge is -2.07. The SMILES string of the molecule is CC(C)CCn1cc(CCNC(=O)c2cc(-c3ccccc3)n[nH]2)c2ccccc21. The van der Waals surface area contributed by atoms with Crippen molar-refractivity contribution in [1.82, 2.24) is 20.1 Å². The third-order valence-electron chi connectivity index (χ3n) is 5.39. The van der Waals surface area contributed by atoms with Gasteiger partial charge < -0.3 is 9.88 Å². The first-order valence-corrected chi connectivity index (χ1v) is 10.6. The van der Waals surface area contributed by atoms with Crippen molar-refractivity contribution < 1.29 is 4.79 Å². The number of benzene rings is 2. The average Bonchev–Trinajstić information content (AvgIpc) is 3.39. The van der Waals surface area contributed by atoms with Gasteiger partial charge in [-0.15, -0.1) is 0 Å². The van der Waals surface area contributed by atoms with Gasteiger partial charge in [-0.3, -0.25) is 9.89 Å². The molecule has 0 unspecified atom stereocenters. The van der Waals surface area contributed by atoms with Crippen LogP contribution in [0.25, 0.3) is 22.2 Å². The highest BCUT2D eigenvalue weighted by Crippen LogP contribution is 2.23.